The third kappa shape index (κ3) is 2.31. The number of aliphatic hydroxyl groups is 1. The topological polar surface area (TPSA) is 46.5 Å². The molecule has 1 aliphatic rings. The molecule has 0 unspecified atom stereocenters. The van der Waals surface area contributed by atoms with Crippen LogP contribution in [0.3, 0.4) is 0 Å². The summed E-state index contributed by atoms with van der Waals surface area (Å²) in [5, 5.41) is 9.76. The van der Waals surface area contributed by atoms with Gasteiger partial charge < -0.3 is 9.84 Å². The van der Waals surface area contributed by atoms with Crippen LogP contribution in [0.1, 0.15) is 26.2 Å². The maximum atomic E-state index is 12.9. The molecular weight excluding hydrogens is 237 g/mol. The Kier molecular flexibility index (Phi) is 3.86. The number of esters is 1. The van der Waals surface area contributed by atoms with E-state index in [1.54, 1.807) is 0 Å². The molecule has 98 valence electrons. The SMILES string of the molecule is C=C1CCC[C@@H]1[C@](O)(C(=O)OCC)C(F)(F)F. The molecule has 0 aromatic rings. The fourth-order valence-corrected chi connectivity index (χ4v) is 2.11. The zero-order valence-electron chi connectivity index (χ0n) is 9.51. The minimum Gasteiger partial charge on any atom is -0.464 e. The Morgan fingerprint density at radius 2 is 2.18 bits per heavy atom. The van der Waals surface area contributed by atoms with E-state index in [2.05, 4.69) is 11.3 Å². The smallest absolute Gasteiger partial charge is 0.428 e. The van der Waals surface area contributed by atoms with Crippen LogP contribution in [0.4, 0.5) is 13.2 Å². The first kappa shape index (κ1) is 14.0. The minimum atomic E-state index is -5.06. The number of ether oxygens (including phenoxy) is 1. The van der Waals surface area contributed by atoms with Crippen LogP contribution in [-0.2, 0) is 9.53 Å². The molecule has 17 heavy (non-hydrogen) atoms. The van der Waals surface area contributed by atoms with Crippen LogP contribution in [0.15, 0.2) is 12.2 Å². The van der Waals surface area contributed by atoms with E-state index in [0.29, 0.717) is 12.8 Å². The van der Waals surface area contributed by atoms with E-state index < -0.39 is 23.7 Å². The first-order valence-electron chi connectivity index (χ1n) is 5.39. The predicted molar refractivity (Wildman–Crippen MR) is 54.1 cm³/mol. The molecule has 2 atom stereocenters. The number of rotatable bonds is 3. The summed E-state index contributed by atoms with van der Waals surface area (Å²) in [6, 6.07) is 0. The van der Waals surface area contributed by atoms with E-state index in [9.17, 15) is 23.1 Å². The zero-order valence-corrected chi connectivity index (χ0v) is 9.51. The van der Waals surface area contributed by atoms with Gasteiger partial charge in [0, 0.05) is 5.92 Å². The summed E-state index contributed by atoms with van der Waals surface area (Å²) < 4.78 is 43.1. The average Bonchev–Trinajstić information content (AvgIpc) is 2.62. The van der Waals surface area contributed by atoms with Gasteiger partial charge in [-0.2, -0.15) is 13.2 Å². The first-order valence-corrected chi connectivity index (χ1v) is 5.39. The largest absolute Gasteiger partial charge is 0.464 e. The Morgan fingerprint density at radius 3 is 2.53 bits per heavy atom. The Morgan fingerprint density at radius 1 is 1.59 bits per heavy atom. The summed E-state index contributed by atoms with van der Waals surface area (Å²) in [4.78, 5) is 11.4. The van der Waals surface area contributed by atoms with Crippen LogP contribution < -0.4 is 0 Å². The maximum Gasteiger partial charge on any atom is 0.428 e. The number of carbonyl (C=O) groups is 1. The lowest BCUT2D eigenvalue weighted by atomic mass is 9.83. The third-order valence-corrected chi connectivity index (χ3v) is 3.01. The number of hydrogen-bond acceptors (Lipinski definition) is 3. The summed E-state index contributed by atoms with van der Waals surface area (Å²) in [5.41, 5.74) is -3.21. The van der Waals surface area contributed by atoms with Crippen molar-refractivity contribution < 1.29 is 27.8 Å². The molecule has 0 bridgehead atoms. The van der Waals surface area contributed by atoms with Gasteiger partial charge >= 0.3 is 12.1 Å². The Balaban J connectivity index is 3.10. The van der Waals surface area contributed by atoms with Crippen molar-refractivity contribution in [2.75, 3.05) is 6.61 Å². The van der Waals surface area contributed by atoms with E-state index in [0.717, 1.165) is 0 Å². The van der Waals surface area contributed by atoms with Gasteiger partial charge in [-0.25, -0.2) is 4.79 Å². The summed E-state index contributed by atoms with van der Waals surface area (Å²) in [6.07, 6.45) is -4.09. The molecule has 0 saturated heterocycles. The van der Waals surface area contributed by atoms with Gasteiger partial charge in [0.1, 0.15) is 0 Å². The second-order valence-corrected chi connectivity index (χ2v) is 4.09. The maximum absolute atomic E-state index is 12.9. The van der Waals surface area contributed by atoms with Crippen molar-refractivity contribution in [2.45, 2.75) is 38.0 Å². The van der Waals surface area contributed by atoms with Crippen molar-refractivity contribution in [3.8, 4) is 0 Å². The lowest BCUT2D eigenvalue weighted by molar-refractivity contribution is -0.274. The lowest BCUT2D eigenvalue weighted by Crippen LogP contribution is -2.58. The van der Waals surface area contributed by atoms with Crippen LogP contribution in [0.25, 0.3) is 0 Å². The van der Waals surface area contributed by atoms with Gasteiger partial charge in [-0.1, -0.05) is 12.2 Å². The minimum absolute atomic E-state index is 0.0909. The van der Waals surface area contributed by atoms with E-state index in [1.807, 2.05) is 0 Å². The molecular formula is C11H15F3O3. The standard InChI is InChI=1S/C11H15F3O3/c1-3-17-9(15)10(16,11(12,13)14)8-6-4-5-7(8)2/h8,16H,2-6H2,1H3/t8-,10-/m0/s1. The summed E-state index contributed by atoms with van der Waals surface area (Å²) in [7, 11) is 0. The predicted octanol–water partition coefficient (Wildman–Crippen LogP) is 2.20. The van der Waals surface area contributed by atoms with Gasteiger partial charge in [0.05, 0.1) is 6.61 Å². The van der Waals surface area contributed by atoms with Gasteiger partial charge in [0.15, 0.2) is 0 Å². The Bertz CT molecular complexity index is 324. The van der Waals surface area contributed by atoms with Gasteiger partial charge in [0.25, 0.3) is 5.60 Å². The normalized spacial score (nSPS) is 24.5. The second kappa shape index (κ2) is 4.68. The van der Waals surface area contributed by atoms with E-state index in [4.69, 9.17) is 0 Å². The molecule has 1 saturated carbocycles. The van der Waals surface area contributed by atoms with Crippen molar-refractivity contribution >= 4 is 5.97 Å². The van der Waals surface area contributed by atoms with Crippen molar-refractivity contribution in [2.24, 2.45) is 5.92 Å². The highest BCUT2D eigenvalue weighted by Gasteiger charge is 2.66. The Hall–Kier alpha value is -1.04. The highest BCUT2D eigenvalue weighted by atomic mass is 19.4. The molecule has 1 aliphatic carbocycles. The van der Waals surface area contributed by atoms with Gasteiger partial charge in [-0.05, 0) is 26.2 Å². The second-order valence-electron chi connectivity index (χ2n) is 4.09. The quantitative estimate of drug-likeness (QED) is 0.618. The molecule has 3 nitrogen and oxygen atoms in total. The zero-order chi connectivity index (χ0) is 13.3. The fourth-order valence-electron chi connectivity index (χ4n) is 2.11. The molecule has 0 aromatic carbocycles. The number of hydrogen-bond donors (Lipinski definition) is 1. The number of alkyl halides is 3. The molecule has 1 rings (SSSR count). The number of carbonyl (C=O) groups excluding carboxylic acids is 1. The van der Waals surface area contributed by atoms with Crippen LogP contribution in [0.2, 0.25) is 0 Å². The highest BCUT2D eigenvalue weighted by molar-refractivity contribution is 5.81. The summed E-state index contributed by atoms with van der Waals surface area (Å²) in [6.45, 7) is 4.67. The van der Waals surface area contributed by atoms with E-state index >= 15 is 0 Å². The summed E-state index contributed by atoms with van der Waals surface area (Å²) >= 11 is 0. The molecule has 0 spiro atoms. The fraction of sp³-hybridized carbons (Fsp3) is 0.727. The van der Waals surface area contributed by atoms with Crippen LogP contribution in [0.5, 0.6) is 0 Å². The van der Waals surface area contributed by atoms with E-state index in [-0.39, 0.29) is 18.6 Å². The van der Waals surface area contributed by atoms with Crippen molar-refractivity contribution in [1.29, 1.82) is 0 Å². The highest BCUT2D eigenvalue weighted by Crippen LogP contribution is 2.46. The molecule has 6 heteroatoms. The van der Waals surface area contributed by atoms with Gasteiger partial charge in [-0.3, -0.25) is 0 Å². The molecule has 1 fully saturated rings. The van der Waals surface area contributed by atoms with Crippen molar-refractivity contribution in [3.63, 3.8) is 0 Å². The Labute approximate surface area is 97.3 Å². The molecule has 0 aliphatic heterocycles. The molecule has 1 N–H and O–H groups in total. The first-order chi connectivity index (χ1) is 7.75. The van der Waals surface area contributed by atoms with Crippen molar-refractivity contribution in [1.82, 2.24) is 0 Å². The number of halogens is 3. The average molecular weight is 252 g/mol. The molecule has 0 heterocycles. The summed E-state index contributed by atoms with van der Waals surface area (Å²) in [5.74, 6) is -2.94. The molecule has 0 aromatic heterocycles. The monoisotopic (exact) mass is 252 g/mol. The third-order valence-electron chi connectivity index (χ3n) is 3.01. The van der Waals surface area contributed by atoms with Gasteiger partial charge in [0.2, 0.25) is 0 Å². The van der Waals surface area contributed by atoms with Crippen LogP contribution in [0, 0.1) is 5.92 Å². The van der Waals surface area contributed by atoms with Crippen LogP contribution >= 0.6 is 0 Å². The molecule has 0 radical (unpaired) electrons. The lowest BCUT2D eigenvalue weighted by Gasteiger charge is -2.33. The molecule has 0 amide bonds. The van der Waals surface area contributed by atoms with Crippen molar-refractivity contribution in [3.05, 3.63) is 12.2 Å². The van der Waals surface area contributed by atoms with Crippen LogP contribution in [-0.4, -0.2) is 29.5 Å². The van der Waals surface area contributed by atoms with E-state index in [1.165, 1.54) is 6.92 Å². The van der Waals surface area contributed by atoms with Gasteiger partial charge in [-0.15, -0.1) is 0 Å².